The lowest BCUT2D eigenvalue weighted by Crippen LogP contribution is -2.04. The number of benzene rings is 1. The van der Waals surface area contributed by atoms with E-state index in [1.165, 1.54) is 7.11 Å². The van der Waals surface area contributed by atoms with Crippen molar-refractivity contribution < 1.29 is 9.53 Å². The van der Waals surface area contributed by atoms with Crippen molar-refractivity contribution in [2.75, 3.05) is 7.11 Å². The SMILES string of the molecule is COC(=O)Cc1nc2cccc(C)n2c1N=Nc1ccccc1C. The molecule has 0 spiro atoms. The highest BCUT2D eigenvalue weighted by Crippen LogP contribution is 2.27. The average molecular weight is 322 g/mol. The molecule has 0 N–H and O–H groups in total. The molecule has 3 rings (SSSR count). The zero-order chi connectivity index (χ0) is 17.1. The second kappa shape index (κ2) is 6.62. The molecule has 0 atom stereocenters. The predicted octanol–water partition coefficient (Wildman–Crippen LogP) is 4.08. The zero-order valence-electron chi connectivity index (χ0n) is 13.9. The summed E-state index contributed by atoms with van der Waals surface area (Å²) in [6, 6.07) is 13.5. The van der Waals surface area contributed by atoms with Crippen molar-refractivity contribution in [3.8, 4) is 0 Å². The van der Waals surface area contributed by atoms with Gasteiger partial charge in [0.05, 0.1) is 24.9 Å². The Morgan fingerprint density at radius 3 is 2.67 bits per heavy atom. The lowest BCUT2D eigenvalue weighted by molar-refractivity contribution is -0.139. The van der Waals surface area contributed by atoms with Crippen LogP contribution in [0.5, 0.6) is 0 Å². The van der Waals surface area contributed by atoms with E-state index in [9.17, 15) is 4.79 Å². The number of carbonyl (C=O) groups excluding carboxylic acids is 1. The van der Waals surface area contributed by atoms with E-state index >= 15 is 0 Å². The maximum Gasteiger partial charge on any atom is 0.311 e. The molecule has 0 radical (unpaired) electrons. The number of hydrogen-bond acceptors (Lipinski definition) is 5. The highest BCUT2D eigenvalue weighted by Gasteiger charge is 2.17. The van der Waals surface area contributed by atoms with Crippen molar-refractivity contribution in [1.29, 1.82) is 0 Å². The van der Waals surface area contributed by atoms with Gasteiger partial charge in [-0.25, -0.2) is 4.98 Å². The quantitative estimate of drug-likeness (QED) is 0.537. The number of imidazole rings is 1. The first-order valence-corrected chi connectivity index (χ1v) is 7.61. The highest BCUT2D eigenvalue weighted by atomic mass is 16.5. The molecule has 6 nitrogen and oxygen atoms in total. The Balaban J connectivity index is 2.12. The topological polar surface area (TPSA) is 68.3 Å². The molecule has 122 valence electrons. The van der Waals surface area contributed by atoms with Gasteiger partial charge >= 0.3 is 5.97 Å². The summed E-state index contributed by atoms with van der Waals surface area (Å²) in [7, 11) is 1.36. The summed E-state index contributed by atoms with van der Waals surface area (Å²) in [6.45, 7) is 3.94. The molecule has 2 aromatic heterocycles. The number of azo groups is 1. The number of ether oxygens (including phenoxy) is 1. The Morgan fingerprint density at radius 1 is 1.12 bits per heavy atom. The summed E-state index contributed by atoms with van der Waals surface area (Å²) in [5.74, 6) is 0.195. The smallest absolute Gasteiger partial charge is 0.311 e. The van der Waals surface area contributed by atoms with Gasteiger partial charge in [-0.1, -0.05) is 24.3 Å². The van der Waals surface area contributed by atoms with Crippen molar-refractivity contribution in [2.24, 2.45) is 10.2 Å². The molecular weight excluding hydrogens is 304 g/mol. The van der Waals surface area contributed by atoms with Gasteiger partial charge in [-0.2, -0.15) is 0 Å². The first-order valence-electron chi connectivity index (χ1n) is 7.61. The number of aromatic nitrogens is 2. The van der Waals surface area contributed by atoms with Crippen LogP contribution in [0.15, 0.2) is 52.7 Å². The minimum absolute atomic E-state index is 0.0553. The van der Waals surface area contributed by atoms with Crippen LogP contribution in [0.2, 0.25) is 0 Å². The molecule has 24 heavy (non-hydrogen) atoms. The average Bonchev–Trinajstić information content (AvgIpc) is 2.92. The van der Waals surface area contributed by atoms with Crippen LogP contribution >= 0.6 is 0 Å². The van der Waals surface area contributed by atoms with E-state index < -0.39 is 0 Å². The fourth-order valence-corrected chi connectivity index (χ4v) is 2.49. The third kappa shape index (κ3) is 3.03. The van der Waals surface area contributed by atoms with Crippen LogP contribution in [-0.2, 0) is 16.0 Å². The Labute approximate surface area is 139 Å². The van der Waals surface area contributed by atoms with Gasteiger partial charge in [0.15, 0.2) is 5.82 Å². The van der Waals surface area contributed by atoms with Gasteiger partial charge in [0, 0.05) is 5.69 Å². The number of methoxy groups -OCH3 is 1. The van der Waals surface area contributed by atoms with E-state index in [0.29, 0.717) is 11.5 Å². The van der Waals surface area contributed by atoms with E-state index in [-0.39, 0.29) is 12.4 Å². The second-order valence-corrected chi connectivity index (χ2v) is 5.48. The number of pyridine rings is 1. The number of rotatable bonds is 4. The van der Waals surface area contributed by atoms with Gasteiger partial charge in [0.1, 0.15) is 5.65 Å². The summed E-state index contributed by atoms with van der Waals surface area (Å²) in [5.41, 5.74) is 4.06. The molecule has 0 aliphatic rings. The van der Waals surface area contributed by atoms with Crippen molar-refractivity contribution in [2.45, 2.75) is 20.3 Å². The number of hydrogen-bond donors (Lipinski definition) is 0. The van der Waals surface area contributed by atoms with Gasteiger partial charge in [0.25, 0.3) is 0 Å². The van der Waals surface area contributed by atoms with Gasteiger partial charge in [-0.3, -0.25) is 9.20 Å². The molecular formula is C18H18N4O2. The number of esters is 1. The largest absolute Gasteiger partial charge is 0.469 e. The number of nitrogens with zero attached hydrogens (tertiary/aromatic N) is 4. The molecule has 0 amide bonds. The van der Waals surface area contributed by atoms with E-state index in [1.807, 2.05) is 60.7 Å². The monoisotopic (exact) mass is 322 g/mol. The van der Waals surface area contributed by atoms with Gasteiger partial charge in [-0.15, -0.1) is 10.2 Å². The molecule has 0 aliphatic heterocycles. The summed E-state index contributed by atoms with van der Waals surface area (Å²) in [6.07, 6.45) is 0.0553. The van der Waals surface area contributed by atoms with Gasteiger partial charge in [-0.05, 0) is 37.6 Å². The maximum atomic E-state index is 11.7. The minimum Gasteiger partial charge on any atom is -0.469 e. The number of carbonyl (C=O) groups is 1. The van der Waals surface area contributed by atoms with Crippen LogP contribution < -0.4 is 0 Å². The summed E-state index contributed by atoms with van der Waals surface area (Å²) >= 11 is 0. The highest BCUT2D eigenvalue weighted by molar-refractivity contribution is 5.74. The minimum atomic E-state index is -0.358. The van der Waals surface area contributed by atoms with Crippen LogP contribution in [0.1, 0.15) is 17.0 Å². The third-order valence-electron chi connectivity index (χ3n) is 3.79. The van der Waals surface area contributed by atoms with Crippen LogP contribution in [0.3, 0.4) is 0 Å². The fourth-order valence-electron chi connectivity index (χ4n) is 2.49. The summed E-state index contributed by atoms with van der Waals surface area (Å²) in [5, 5.41) is 8.74. The third-order valence-corrected chi connectivity index (χ3v) is 3.79. The van der Waals surface area contributed by atoms with E-state index in [4.69, 9.17) is 4.74 Å². The standard InChI is InChI=1S/C18H18N4O2/c1-12-7-4-5-9-14(12)20-21-18-15(11-17(23)24-3)19-16-10-6-8-13(2)22(16)18/h4-10H,11H2,1-3H3. The van der Waals surface area contributed by atoms with Gasteiger partial charge < -0.3 is 4.74 Å². The Hall–Kier alpha value is -3.02. The fraction of sp³-hybridized carbons (Fsp3) is 0.222. The molecule has 0 aliphatic carbocycles. The van der Waals surface area contributed by atoms with E-state index in [0.717, 1.165) is 22.6 Å². The molecule has 6 heteroatoms. The second-order valence-electron chi connectivity index (χ2n) is 5.48. The van der Waals surface area contributed by atoms with Crippen LogP contribution in [0.4, 0.5) is 11.5 Å². The molecule has 2 heterocycles. The molecule has 3 aromatic rings. The van der Waals surface area contributed by atoms with Crippen molar-refractivity contribution in [3.63, 3.8) is 0 Å². The normalized spacial score (nSPS) is 11.3. The summed E-state index contributed by atoms with van der Waals surface area (Å²) in [4.78, 5) is 16.2. The van der Waals surface area contributed by atoms with Crippen molar-refractivity contribution >= 4 is 23.1 Å². The van der Waals surface area contributed by atoms with Crippen LogP contribution in [-0.4, -0.2) is 22.5 Å². The molecule has 0 bridgehead atoms. The molecule has 0 fully saturated rings. The molecule has 0 saturated heterocycles. The zero-order valence-corrected chi connectivity index (χ0v) is 13.9. The predicted molar refractivity (Wildman–Crippen MR) is 91.0 cm³/mol. The number of fused-ring (bicyclic) bond motifs is 1. The van der Waals surface area contributed by atoms with E-state index in [2.05, 4.69) is 15.2 Å². The summed E-state index contributed by atoms with van der Waals surface area (Å²) < 4.78 is 6.65. The molecule has 0 unspecified atom stereocenters. The molecule has 0 saturated carbocycles. The first kappa shape index (κ1) is 15.9. The van der Waals surface area contributed by atoms with Crippen molar-refractivity contribution in [1.82, 2.24) is 9.38 Å². The van der Waals surface area contributed by atoms with E-state index in [1.54, 1.807) is 0 Å². The lowest BCUT2D eigenvalue weighted by Gasteiger charge is -2.02. The van der Waals surface area contributed by atoms with Gasteiger partial charge in [0.2, 0.25) is 0 Å². The number of aryl methyl sites for hydroxylation is 2. The Kier molecular flexibility index (Phi) is 4.37. The molecule has 1 aromatic carbocycles. The van der Waals surface area contributed by atoms with Crippen molar-refractivity contribution in [3.05, 3.63) is 59.4 Å². The maximum absolute atomic E-state index is 11.7. The first-order chi connectivity index (χ1) is 11.6. The van der Waals surface area contributed by atoms with Crippen LogP contribution in [0.25, 0.3) is 5.65 Å². The Bertz CT molecular complexity index is 928. The lowest BCUT2D eigenvalue weighted by atomic mass is 10.2. The Morgan fingerprint density at radius 2 is 1.92 bits per heavy atom. The van der Waals surface area contributed by atoms with Crippen LogP contribution in [0, 0.1) is 13.8 Å².